The van der Waals surface area contributed by atoms with Crippen LogP contribution in [0.3, 0.4) is 0 Å². The van der Waals surface area contributed by atoms with Gasteiger partial charge >= 0.3 is 0 Å². The van der Waals surface area contributed by atoms with E-state index in [2.05, 4.69) is 6.92 Å². The van der Waals surface area contributed by atoms with E-state index in [-0.39, 0.29) is 30.5 Å². The molecule has 1 heterocycles. The lowest BCUT2D eigenvalue weighted by atomic mass is 9.91. The summed E-state index contributed by atoms with van der Waals surface area (Å²) in [6.45, 7) is 7.71. The van der Waals surface area contributed by atoms with Gasteiger partial charge < -0.3 is 15.4 Å². The highest BCUT2D eigenvalue weighted by Gasteiger charge is 2.24. The van der Waals surface area contributed by atoms with Crippen LogP contribution in [-0.4, -0.2) is 36.0 Å². The highest BCUT2D eigenvalue weighted by atomic mass is 35.5. The highest BCUT2D eigenvalue weighted by Crippen LogP contribution is 2.21. The summed E-state index contributed by atoms with van der Waals surface area (Å²) < 4.78 is 5.68. The van der Waals surface area contributed by atoms with Crippen molar-refractivity contribution in [3.05, 3.63) is 29.8 Å². The number of nitrogens with two attached hydrogens (primary N) is 1. The summed E-state index contributed by atoms with van der Waals surface area (Å²) in [6.07, 6.45) is 2.61. The van der Waals surface area contributed by atoms with Gasteiger partial charge in [0.2, 0.25) is 5.91 Å². The van der Waals surface area contributed by atoms with Gasteiger partial charge in [-0.2, -0.15) is 0 Å². The first kappa shape index (κ1) is 19.8. The first-order chi connectivity index (χ1) is 10.5. The topological polar surface area (TPSA) is 55.6 Å². The Morgan fingerprint density at radius 1 is 1.30 bits per heavy atom. The quantitative estimate of drug-likeness (QED) is 0.896. The number of halogens is 1. The second-order valence-corrected chi connectivity index (χ2v) is 6.57. The van der Waals surface area contributed by atoms with Crippen molar-refractivity contribution in [1.82, 2.24) is 4.90 Å². The first-order valence-electron chi connectivity index (χ1n) is 8.24. The van der Waals surface area contributed by atoms with Crippen molar-refractivity contribution in [2.45, 2.75) is 52.2 Å². The van der Waals surface area contributed by atoms with E-state index in [9.17, 15) is 4.79 Å². The van der Waals surface area contributed by atoms with E-state index < -0.39 is 0 Å². The molecule has 0 radical (unpaired) electrons. The van der Waals surface area contributed by atoms with Crippen molar-refractivity contribution in [2.24, 2.45) is 11.7 Å². The molecule has 130 valence electrons. The van der Waals surface area contributed by atoms with E-state index in [4.69, 9.17) is 10.5 Å². The largest absolute Gasteiger partial charge is 0.491 e. The average molecular weight is 341 g/mol. The van der Waals surface area contributed by atoms with Crippen molar-refractivity contribution >= 4 is 18.3 Å². The van der Waals surface area contributed by atoms with Gasteiger partial charge in [0.15, 0.2) is 0 Å². The third kappa shape index (κ3) is 6.04. The molecule has 0 saturated carbocycles. The van der Waals surface area contributed by atoms with Crippen LogP contribution < -0.4 is 10.5 Å². The monoisotopic (exact) mass is 340 g/mol. The molecule has 1 atom stereocenters. The second kappa shape index (κ2) is 9.14. The summed E-state index contributed by atoms with van der Waals surface area (Å²) in [5.74, 6) is 1.58. The van der Waals surface area contributed by atoms with E-state index in [1.807, 2.05) is 43.0 Å². The molecule has 1 unspecified atom stereocenters. The SMILES string of the molecule is CC(C)Oc1cccc(CC(=O)N2CCC(C(C)N)CC2)c1.Cl. The third-order valence-electron chi connectivity index (χ3n) is 4.26. The molecule has 5 heteroatoms. The lowest BCUT2D eigenvalue weighted by Crippen LogP contribution is -2.43. The maximum Gasteiger partial charge on any atom is 0.226 e. The van der Waals surface area contributed by atoms with Crippen LogP contribution in [0.4, 0.5) is 0 Å². The molecule has 4 nitrogen and oxygen atoms in total. The van der Waals surface area contributed by atoms with Gasteiger partial charge in [-0.05, 0) is 57.2 Å². The van der Waals surface area contributed by atoms with E-state index in [0.717, 1.165) is 37.2 Å². The zero-order chi connectivity index (χ0) is 16.1. The maximum atomic E-state index is 12.4. The smallest absolute Gasteiger partial charge is 0.226 e. The number of piperidine rings is 1. The summed E-state index contributed by atoms with van der Waals surface area (Å²) in [6, 6.07) is 8.05. The Hall–Kier alpha value is -1.26. The predicted molar refractivity (Wildman–Crippen MR) is 96.1 cm³/mol. The Morgan fingerprint density at radius 3 is 2.52 bits per heavy atom. The summed E-state index contributed by atoms with van der Waals surface area (Å²) >= 11 is 0. The lowest BCUT2D eigenvalue weighted by molar-refractivity contribution is -0.131. The second-order valence-electron chi connectivity index (χ2n) is 6.57. The molecule has 1 saturated heterocycles. The molecule has 23 heavy (non-hydrogen) atoms. The Morgan fingerprint density at radius 2 is 1.96 bits per heavy atom. The Kier molecular flexibility index (Phi) is 7.86. The molecule has 0 aliphatic carbocycles. The summed E-state index contributed by atoms with van der Waals surface area (Å²) in [7, 11) is 0. The van der Waals surface area contributed by atoms with E-state index in [1.54, 1.807) is 0 Å². The first-order valence-corrected chi connectivity index (χ1v) is 8.24. The van der Waals surface area contributed by atoms with Crippen LogP contribution in [0.25, 0.3) is 0 Å². The average Bonchev–Trinajstić information content (AvgIpc) is 2.47. The minimum atomic E-state index is 0. The van der Waals surface area contributed by atoms with Crippen LogP contribution in [0.15, 0.2) is 24.3 Å². The molecule has 1 fully saturated rings. The van der Waals surface area contributed by atoms with Gasteiger partial charge in [0.1, 0.15) is 5.75 Å². The number of carbonyl (C=O) groups is 1. The number of hydrogen-bond acceptors (Lipinski definition) is 3. The van der Waals surface area contributed by atoms with E-state index in [1.165, 1.54) is 0 Å². The molecule has 1 aromatic rings. The summed E-state index contributed by atoms with van der Waals surface area (Å²) in [4.78, 5) is 14.4. The van der Waals surface area contributed by atoms with Crippen molar-refractivity contribution in [2.75, 3.05) is 13.1 Å². The van der Waals surface area contributed by atoms with Crippen LogP contribution in [-0.2, 0) is 11.2 Å². The van der Waals surface area contributed by atoms with Gasteiger partial charge in [-0.15, -0.1) is 12.4 Å². The molecule has 0 bridgehead atoms. The zero-order valence-electron chi connectivity index (χ0n) is 14.3. The van der Waals surface area contributed by atoms with Crippen LogP contribution in [0.1, 0.15) is 39.2 Å². The maximum absolute atomic E-state index is 12.4. The molecular formula is C18H29ClN2O2. The Labute approximate surface area is 145 Å². The molecule has 0 spiro atoms. The molecule has 1 aliphatic rings. The van der Waals surface area contributed by atoms with Gasteiger partial charge in [-0.3, -0.25) is 4.79 Å². The van der Waals surface area contributed by atoms with Gasteiger partial charge in [-0.25, -0.2) is 0 Å². The summed E-state index contributed by atoms with van der Waals surface area (Å²) in [5.41, 5.74) is 6.96. The Bertz CT molecular complexity index is 498. The number of likely N-dealkylation sites (tertiary alicyclic amines) is 1. The summed E-state index contributed by atoms with van der Waals surface area (Å²) in [5, 5.41) is 0. The number of rotatable bonds is 5. The highest BCUT2D eigenvalue weighted by molar-refractivity contribution is 5.85. The molecule has 1 aromatic carbocycles. The predicted octanol–water partition coefficient (Wildman–Crippen LogP) is 3.02. The number of carbonyl (C=O) groups excluding carboxylic acids is 1. The zero-order valence-corrected chi connectivity index (χ0v) is 15.1. The number of ether oxygens (including phenoxy) is 1. The van der Waals surface area contributed by atoms with Crippen molar-refractivity contribution < 1.29 is 9.53 Å². The molecule has 0 aromatic heterocycles. The molecule has 1 aliphatic heterocycles. The lowest BCUT2D eigenvalue weighted by Gasteiger charge is -2.33. The number of hydrogen-bond donors (Lipinski definition) is 1. The van der Waals surface area contributed by atoms with Crippen LogP contribution >= 0.6 is 12.4 Å². The van der Waals surface area contributed by atoms with Gasteiger partial charge in [0.25, 0.3) is 0 Å². The van der Waals surface area contributed by atoms with Crippen LogP contribution in [0.5, 0.6) is 5.75 Å². The molecule has 2 N–H and O–H groups in total. The number of benzene rings is 1. The molecule has 1 amide bonds. The third-order valence-corrected chi connectivity index (χ3v) is 4.26. The van der Waals surface area contributed by atoms with Gasteiger partial charge in [0.05, 0.1) is 12.5 Å². The van der Waals surface area contributed by atoms with Crippen molar-refractivity contribution in [3.8, 4) is 5.75 Å². The number of amides is 1. The normalized spacial score (nSPS) is 16.8. The van der Waals surface area contributed by atoms with E-state index >= 15 is 0 Å². The Balaban J connectivity index is 0.00000264. The van der Waals surface area contributed by atoms with Crippen molar-refractivity contribution in [3.63, 3.8) is 0 Å². The fourth-order valence-corrected chi connectivity index (χ4v) is 2.96. The van der Waals surface area contributed by atoms with Crippen LogP contribution in [0, 0.1) is 5.92 Å². The standard InChI is InChI=1S/C18H28N2O2.ClH/c1-13(2)22-17-6-4-5-15(11-17)12-18(21)20-9-7-16(8-10-20)14(3)19;/h4-6,11,13-14,16H,7-10,12,19H2,1-3H3;1H. The van der Waals surface area contributed by atoms with Crippen molar-refractivity contribution in [1.29, 1.82) is 0 Å². The van der Waals surface area contributed by atoms with Crippen LogP contribution in [0.2, 0.25) is 0 Å². The minimum Gasteiger partial charge on any atom is -0.491 e. The minimum absolute atomic E-state index is 0. The fraction of sp³-hybridized carbons (Fsp3) is 0.611. The van der Waals surface area contributed by atoms with E-state index in [0.29, 0.717) is 12.3 Å². The fourth-order valence-electron chi connectivity index (χ4n) is 2.96. The van der Waals surface area contributed by atoms with Gasteiger partial charge in [0, 0.05) is 19.1 Å². The van der Waals surface area contributed by atoms with Gasteiger partial charge in [-0.1, -0.05) is 12.1 Å². The molecular weight excluding hydrogens is 312 g/mol. The molecule has 2 rings (SSSR count). The number of nitrogens with zero attached hydrogens (tertiary/aromatic N) is 1.